The fraction of sp³-hybridized carbons (Fsp3) is 0.263. The molecule has 1 aromatic carbocycles. The van der Waals surface area contributed by atoms with Crippen molar-refractivity contribution in [2.45, 2.75) is 26.3 Å². The van der Waals surface area contributed by atoms with Crippen LogP contribution in [0.5, 0.6) is 0 Å². The van der Waals surface area contributed by atoms with E-state index < -0.39 is 0 Å². The zero-order valence-corrected chi connectivity index (χ0v) is 15.6. The van der Waals surface area contributed by atoms with Crippen LogP contribution in [0.1, 0.15) is 31.0 Å². The first-order valence-corrected chi connectivity index (χ1v) is 8.97. The SMILES string of the molecule is CCC1c2nnc(C)n2-c2cnc(N/C=C\NC)nc2N1c1ccccc1. The van der Waals surface area contributed by atoms with Crippen LogP contribution in [0.2, 0.25) is 0 Å². The molecule has 27 heavy (non-hydrogen) atoms. The number of fused-ring (bicyclic) bond motifs is 3. The molecule has 1 unspecified atom stereocenters. The van der Waals surface area contributed by atoms with E-state index in [1.165, 1.54) is 0 Å². The Balaban J connectivity index is 1.90. The van der Waals surface area contributed by atoms with Crippen molar-refractivity contribution >= 4 is 17.5 Å². The standard InChI is InChI=1S/C19H22N8/c1-4-15-18-25-24-13(2)26(18)16-12-22-19(21-11-10-20-3)23-17(16)27(15)14-8-6-5-7-9-14/h5-12,15,20H,4H2,1-3H3,(H,21,22,23)/b11-10-. The van der Waals surface area contributed by atoms with Gasteiger partial charge < -0.3 is 15.5 Å². The van der Waals surface area contributed by atoms with Gasteiger partial charge >= 0.3 is 0 Å². The minimum absolute atomic E-state index is 0.0386. The smallest absolute Gasteiger partial charge is 0.228 e. The molecule has 8 heteroatoms. The fourth-order valence-electron chi connectivity index (χ4n) is 3.38. The van der Waals surface area contributed by atoms with Crippen molar-refractivity contribution in [3.63, 3.8) is 0 Å². The molecular weight excluding hydrogens is 340 g/mol. The molecule has 2 N–H and O–H groups in total. The lowest BCUT2D eigenvalue weighted by Gasteiger charge is -2.37. The van der Waals surface area contributed by atoms with Gasteiger partial charge in [0.05, 0.1) is 12.2 Å². The van der Waals surface area contributed by atoms with E-state index in [2.05, 4.69) is 54.3 Å². The fourth-order valence-corrected chi connectivity index (χ4v) is 3.38. The van der Waals surface area contributed by atoms with Gasteiger partial charge in [-0.15, -0.1) is 10.2 Å². The molecule has 2 aromatic heterocycles. The van der Waals surface area contributed by atoms with E-state index in [-0.39, 0.29) is 6.04 Å². The molecular formula is C19H22N8. The molecule has 4 rings (SSSR count). The number of benzene rings is 1. The number of rotatable bonds is 5. The lowest BCUT2D eigenvalue weighted by atomic mass is 10.1. The summed E-state index contributed by atoms with van der Waals surface area (Å²) in [6.07, 6.45) is 6.25. The van der Waals surface area contributed by atoms with Crippen LogP contribution in [0, 0.1) is 6.92 Å². The Morgan fingerprint density at radius 1 is 1.15 bits per heavy atom. The van der Waals surface area contributed by atoms with E-state index >= 15 is 0 Å². The van der Waals surface area contributed by atoms with Gasteiger partial charge in [0.2, 0.25) is 5.95 Å². The van der Waals surface area contributed by atoms with Gasteiger partial charge in [0.1, 0.15) is 11.5 Å². The van der Waals surface area contributed by atoms with Gasteiger partial charge in [-0.1, -0.05) is 25.1 Å². The Bertz CT molecular complexity index is 963. The first-order chi connectivity index (χ1) is 13.2. The van der Waals surface area contributed by atoms with Crippen LogP contribution < -0.4 is 15.5 Å². The lowest BCUT2D eigenvalue weighted by Crippen LogP contribution is -2.32. The lowest BCUT2D eigenvalue weighted by molar-refractivity contribution is 0.588. The summed E-state index contributed by atoms with van der Waals surface area (Å²) in [5.41, 5.74) is 1.94. The quantitative estimate of drug-likeness (QED) is 0.721. The van der Waals surface area contributed by atoms with Crippen molar-refractivity contribution in [2.75, 3.05) is 17.3 Å². The highest BCUT2D eigenvalue weighted by Gasteiger charge is 2.35. The first-order valence-electron chi connectivity index (χ1n) is 8.97. The topological polar surface area (TPSA) is 83.8 Å². The third-order valence-electron chi connectivity index (χ3n) is 4.56. The molecule has 0 bridgehead atoms. The van der Waals surface area contributed by atoms with Gasteiger partial charge in [-0.05, 0) is 25.5 Å². The maximum atomic E-state index is 4.81. The molecule has 0 saturated carbocycles. The molecule has 3 aromatic rings. The maximum absolute atomic E-state index is 4.81. The number of para-hydroxylation sites is 1. The average molecular weight is 362 g/mol. The molecule has 0 aliphatic carbocycles. The summed E-state index contributed by atoms with van der Waals surface area (Å²) in [5, 5.41) is 14.8. The second-order valence-electron chi connectivity index (χ2n) is 6.24. The van der Waals surface area contributed by atoms with Crippen LogP contribution in [0.3, 0.4) is 0 Å². The summed E-state index contributed by atoms with van der Waals surface area (Å²) < 4.78 is 2.05. The van der Waals surface area contributed by atoms with Crippen LogP contribution in [0.4, 0.5) is 17.5 Å². The zero-order valence-electron chi connectivity index (χ0n) is 15.6. The van der Waals surface area contributed by atoms with Gasteiger partial charge in [0.25, 0.3) is 0 Å². The monoisotopic (exact) mass is 362 g/mol. The van der Waals surface area contributed by atoms with E-state index in [0.717, 1.165) is 35.3 Å². The molecule has 0 fully saturated rings. The predicted octanol–water partition coefficient (Wildman–Crippen LogP) is 3.07. The minimum atomic E-state index is 0.0386. The van der Waals surface area contributed by atoms with Crippen LogP contribution in [0.25, 0.3) is 5.69 Å². The van der Waals surface area contributed by atoms with Gasteiger partial charge in [-0.25, -0.2) is 4.98 Å². The Morgan fingerprint density at radius 3 is 2.70 bits per heavy atom. The highest BCUT2D eigenvalue weighted by atomic mass is 15.4. The summed E-state index contributed by atoms with van der Waals surface area (Å²) in [4.78, 5) is 11.5. The van der Waals surface area contributed by atoms with Gasteiger partial charge in [-0.2, -0.15) is 4.98 Å². The second-order valence-corrected chi connectivity index (χ2v) is 6.24. The third-order valence-corrected chi connectivity index (χ3v) is 4.56. The maximum Gasteiger partial charge on any atom is 0.228 e. The molecule has 0 saturated heterocycles. The highest BCUT2D eigenvalue weighted by molar-refractivity contribution is 5.72. The molecule has 0 radical (unpaired) electrons. The van der Waals surface area contributed by atoms with E-state index in [9.17, 15) is 0 Å². The number of anilines is 3. The van der Waals surface area contributed by atoms with Crippen LogP contribution in [-0.2, 0) is 0 Å². The average Bonchev–Trinajstić information content (AvgIpc) is 3.09. The molecule has 3 heterocycles. The van der Waals surface area contributed by atoms with Crippen molar-refractivity contribution in [1.29, 1.82) is 0 Å². The number of aryl methyl sites for hydroxylation is 1. The summed E-state index contributed by atoms with van der Waals surface area (Å²) >= 11 is 0. The zero-order chi connectivity index (χ0) is 18.8. The Morgan fingerprint density at radius 2 is 1.96 bits per heavy atom. The number of nitrogens with one attached hydrogen (secondary N) is 2. The predicted molar refractivity (Wildman–Crippen MR) is 105 cm³/mol. The van der Waals surface area contributed by atoms with Crippen molar-refractivity contribution < 1.29 is 0 Å². The Kier molecular flexibility index (Phi) is 4.45. The van der Waals surface area contributed by atoms with Gasteiger partial charge in [0, 0.05) is 25.1 Å². The van der Waals surface area contributed by atoms with Crippen molar-refractivity contribution in [2.24, 2.45) is 0 Å². The first kappa shape index (κ1) is 17.0. The van der Waals surface area contributed by atoms with Gasteiger partial charge in [-0.3, -0.25) is 4.57 Å². The number of hydrogen-bond acceptors (Lipinski definition) is 7. The molecule has 138 valence electrons. The molecule has 0 amide bonds. The molecule has 1 aliphatic heterocycles. The van der Waals surface area contributed by atoms with E-state index in [4.69, 9.17) is 4.98 Å². The number of nitrogens with zero attached hydrogens (tertiary/aromatic N) is 6. The van der Waals surface area contributed by atoms with Crippen LogP contribution in [0.15, 0.2) is 48.9 Å². The molecule has 1 atom stereocenters. The molecule has 0 spiro atoms. The molecule has 8 nitrogen and oxygen atoms in total. The van der Waals surface area contributed by atoms with Crippen LogP contribution >= 0.6 is 0 Å². The number of hydrogen-bond donors (Lipinski definition) is 2. The van der Waals surface area contributed by atoms with Gasteiger partial charge in [0.15, 0.2) is 11.6 Å². The second kappa shape index (κ2) is 7.06. The highest BCUT2D eigenvalue weighted by Crippen LogP contribution is 2.43. The summed E-state index contributed by atoms with van der Waals surface area (Å²) in [5.74, 6) is 3.10. The van der Waals surface area contributed by atoms with Crippen molar-refractivity contribution in [1.82, 2.24) is 30.0 Å². The minimum Gasteiger partial charge on any atom is -0.393 e. The summed E-state index contributed by atoms with van der Waals surface area (Å²) in [6, 6.07) is 10.3. The van der Waals surface area contributed by atoms with Crippen LogP contribution in [-0.4, -0.2) is 31.8 Å². The summed E-state index contributed by atoms with van der Waals surface area (Å²) in [7, 11) is 1.84. The third kappa shape index (κ3) is 2.88. The van der Waals surface area contributed by atoms with Crippen molar-refractivity contribution in [3.05, 3.63) is 60.6 Å². The Hall–Kier alpha value is -3.42. The van der Waals surface area contributed by atoms with E-state index in [1.54, 1.807) is 12.4 Å². The van der Waals surface area contributed by atoms with E-state index in [0.29, 0.717) is 5.95 Å². The van der Waals surface area contributed by atoms with Crippen molar-refractivity contribution in [3.8, 4) is 5.69 Å². The Labute approximate surface area is 158 Å². The van der Waals surface area contributed by atoms with E-state index in [1.807, 2.05) is 38.4 Å². The largest absolute Gasteiger partial charge is 0.393 e. The normalized spacial score (nSPS) is 15.5. The summed E-state index contributed by atoms with van der Waals surface area (Å²) in [6.45, 7) is 4.10. The molecule has 1 aliphatic rings. The number of aromatic nitrogens is 5.